The third kappa shape index (κ3) is 6.74. The summed E-state index contributed by atoms with van der Waals surface area (Å²) in [7, 11) is 0. The molecule has 0 spiro atoms. The van der Waals surface area contributed by atoms with Crippen molar-refractivity contribution < 1.29 is 19.1 Å². The van der Waals surface area contributed by atoms with Crippen LogP contribution in [-0.4, -0.2) is 40.8 Å². The lowest BCUT2D eigenvalue weighted by Crippen LogP contribution is -2.30. The maximum atomic E-state index is 13.0. The van der Waals surface area contributed by atoms with Crippen LogP contribution in [0.15, 0.2) is 83.8 Å². The Balaban J connectivity index is 1.37. The molecule has 0 atom stereocenters. The fourth-order valence-corrected chi connectivity index (χ4v) is 4.89. The van der Waals surface area contributed by atoms with Gasteiger partial charge in [0.15, 0.2) is 6.61 Å². The molecule has 2 amide bonds. The molecule has 3 aromatic rings. The summed E-state index contributed by atoms with van der Waals surface area (Å²) in [5.74, 6) is 0.838. The number of carbonyl (C=O) groups is 2. The summed E-state index contributed by atoms with van der Waals surface area (Å²) in [5, 5.41) is 2.80. The normalized spacial score (nSPS) is 14.2. The smallest absolute Gasteiger partial charge is 0.266 e. The second-order valence-electron chi connectivity index (χ2n) is 7.90. The lowest BCUT2D eigenvalue weighted by atomic mass is 10.1. The second kappa shape index (κ2) is 12.4. The minimum absolute atomic E-state index is 0.121. The summed E-state index contributed by atoms with van der Waals surface area (Å²) in [5.41, 5.74) is 2.51. The first-order chi connectivity index (χ1) is 17.5. The Kier molecular flexibility index (Phi) is 8.76. The van der Waals surface area contributed by atoms with Gasteiger partial charge in [-0.15, -0.1) is 0 Å². The van der Waals surface area contributed by atoms with Gasteiger partial charge in [0.05, 0.1) is 11.5 Å². The molecule has 0 saturated carbocycles. The van der Waals surface area contributed by atoms with Crippen molar-refractivity contribution in [3.05, 3.63) is 94.9 Å². The predicted octanol–water partition coefficient (Wildman–Crippen LogP) is 5.55. The predicted molar refractivity (Wildman–Crippen MR) is 148 cm³/mol. The van der Waals surface area contributed by atoms with Crippen LogP contribution in [0.2, 0.25) is 0 Å². The molecule has 1 heterocycles. The van der Waals surface area contributed by atoms with Gasteiger partial charge in [-0.3, -0.25) is 14.5 Å². The highest BCUT2D eigenvalue weighted by atomic mass is 32.2. The standard InChI is InChI=1S/C28H26N2O4S2/c1-2-33-23-14-12-22(13-15-23)29-26(31)19-34-24-11-7-6-10-21(24)18-25-27(32)30(28(35)36-25)17-16-20-8-4-3-5-9-20/h3-15,18H,2,16-17,19H2,1H3,(H,29,31)/b25-18-. The van der Waals surface area contributed by atoms with E-state index < -0.39 is 0 Å². The lowest BCUT2D eigenvalue weighted by molar-refractivity contribution is -0.122. The van der Waals surface area contributed by atoms with Crippen LogP contribution in [0.4, 0.5) is 5.69 Å². The van der Waals surface area contributed by atoms with Crippen LogP contribution in [0, 0.1) is 0 Å². The van der Waals surface area contributed by atoms with Gasteiger partial charge < -0.3 is 14.8 Å². The molecule has 36 heavy (non-hydrogen) atoms. The number of hydrogen-bond acceptors (Lipinski definition) is 6. The average Bonchev–Trinajstić information content (AvgIpc) is 3.16. The highest BCUT2D eigenvalue weighted by molar-refractivity contribution is 8.26. The summed E-state index contributed by atoms with van der Waals surface area (Å²) >= 11 is 6.74. The van der Waals surface area contributed by atoms with Gasteiger partial charge in [-0.1, -0.05) is 72.5 Å². The Hall–Kier alpha value is -3.62. The van der Waals surface area contributed by atoms with Crippen LogP contribution in [0.1, 0.15) is 18.1 Å². The van der Waals surface area contributed by atoms with Crippen molar-refractivity contribution in [1.29, 1.82) is 0 Å². The van der Waals surface area contributed by atoms with Gasteiger partial charge in [0, 0.05) is 17.8 Å². The molecule has 3 aromatic carbocycles. The van der Waals surface area contributed by atoms with E-state index in [2.05, 4.69) is 5.32 Å². The zero-order valence-corrected chi connectivity index (χ0v) is 21.4. The van der Waals surface area contributed by atoms with Crippen LogP contribution in [-0.2, 0) is 16.0 Å². The number of amides is 2. The van der Waals surface area contributed by atoms with E-state index in [4.69, 9.17) is 21.7 Å². The van der Waals surface area contributed by atoms with Crippen LogP contribution in [0.25, 0.3) is 6.08 Å². The molecule has 1 aliphatic rings. The zero-order chi connectivity index (χ0) is 25.3. The number of hydrogen-bond donors (Lipinski definition) is 1. The SMILES string of the molecule is CCOc1ccc(NC(=O)COc2ccccc2/C=C2\SC(=S)N(CCc3ccccc3)C2=O)cc1. The minimum atomic E-state index is -0.291. The highest BCUT2D eigenvalue weighted by Crippen LogP contribution is 2.34. The first-order valence-electron chi connectivity index (χ1n) is 11.6. The Morgan fingerprint density at radius 1 is 1.00 bits per heavy atom. The molecule has 8 heteroatoms. The molecule has 184 valence electrons. The number of ether oxygens (including phenoxy) is 2. The molecule has 4 rings (SSSR count). The number of nitrogens with one attached hydrogen (secondary N) is 1. The highest BCUT2D eigenvalue weighted by Gasteiger charge is 2.31. The Labute approximate surface area is 220 Å². The number of benzene rings is 3. The minimum Gasteiger partial charge on any atom is -0.494 e. The number of nitrogens with zero attached hydrogens (tertiary/aromatic N) is 1. The van der Waals surface area contributed by atoms with Crippen LogP contribution >= 0.6 is 24.0 Å². The molecule has 0 aliphatic carbocycles. The lowest BCUT2D eigenvalue weighted by Gasteiger charge is -2.14. The number of thiocarbonyl (C=S) groups is 1. The summed E-state index contributed by atoms with van der Waals surface area (Å²) in [6, 6.07) is 24.4. The summed E-state index contributed by atoms with van der Waals surface area (Å²) < 4.78 is 11.7. The van der Waals surface area contributed by atoms with E-state index in [9.17, 15) is 9.59 Å². The van der Waals surface area contributed by atoms with Crippen molar-refractivity contribution in [2.45, 2.75) is 13.3 Å². The number of rotatable bonds is 10. The first kappa shape index (κ1) is 25.5. The molecule has 6 nitrogen and oxygen atoms in total. The Bertz CT molecular complexity index is 1260. The van der Waals surface area contributed by atoms with Gasteiger partial charge in [0.1, 0.15) is 15.8 Å². The van der Waals surface area contributed by atoms with Gasteiger partial charge in [-0.05, 0) is 55.3 Å². The molecular weight excluding hydrogens is 492 g/mol. The summed E-state index contributed by atoms with van der Waals surface area (Å²) in [6.07, 6.45) is 2.49. The van der Waals surface area contributed by atoms with Crippen molar-refractivity contribution in [1.82, 2.24) is 4.90 Å². The van der Waals surface area contributed by atoms with E-state index >= 15 is 0 Å². The molecule has 1 N–H and O–H groups in total. The monoisotopic (exact) mass is 518 g/mol. The average molecular weight is 519 g/mol. The molecule has 0 aromatic heterocycles. The van der Waals surface area contributed by atoms with Crippen molar-refractivity contribution >= 4 is 51.9 Å². The summed E-state index contributed by atoms with van der Waals surface area (Å²) in [6.45, 7) is 2.85. The Morgan fingerprint density at radius 2 is 1.72 bits per heavy atom. The molecule has 1 fully saturated rings. The first-order valence-corrected chi connectivity index (χ1v) is 12.8. The third-order valence-electron chi connectivity index (χ3n) is 5.35. The molecule has 1 saturated heterocycles. The second-order valence-corrected chi connectivity index (χ2v) is 9.58. The van der Waals surface area contributed by atoms with E-state index in [1.54, 1.807) is 41.3 Å². The molecular formula is C28H26N2O4S2. The van der Waals surface area contributed by atoms with Gasteiger partial charge >= 0.3 is 0 Å². The van der Waals surface area contributed by atoms with E-state index in [1.165, 1.54) is 11.8 Å². The number of anilines is 1. The molecule has 0 radical (unpaired) electrons. The van der Waals surface area contributed by atoms with Crippen LogP contribution in [0.3, 0.4) is 0 Å². The van der Waals surface area contributed by atoms with Crippen molar-refractivity contribution in [2.75, 3.05) is 25.1 Å². The zero-order valence-electron chi connectivity index (χ0n) is 19.8. The maximum absolute atomic E-state index is 13.0. The van der Waals surface area contributed by atoms with E-state index in [1.807, 2.05) is 55.5 Å². The fourth-order valence-electron chi connectivity index (χ4n) is 3.59. The fraction of sp³-hybridized carbons (Fsp3) is 0.179. The number of para-hydroxylation sites is 1. The molecule has 1 aliphatic heterocycles. The third-order valence-corrected chi connectivity index (χ3v) is 6.73. The van der Waals surface area contributed by atoms with Crippen molar-refractivity contribution in [3.8, 4) is 11.5 Å². The maximum Gasteiger partial charge on any atom is 0.266 e. The van der Waals surface area contributed by atoms with Crippen molar-refractivity contribution in [3.63, 3.8) is 0 Å². The number of carbonyl (C=O) groups excluding carboxylic acids is 2. The number of thioether (sulfide) groups is 1. The molecule has 0 unspecified atom stereocenters. The summed E-state index contributed by atoms with van der Waals surface area (Å²) in [4.78, 5) is 27.6. The van der Waals surface area contributed by atoms with Gasteiger partial charge in [0.2, 0.25) is 0 Å². The van der Waals surface area contributed by atoms with Crippen LogP contribution < -0.4 is 14.8 Å². The van der Waals surface area contributed by atoms with E-state index in [-0.39, 0.29) is 18.4 Å². The largest absolute Gasteiger partial charge is 0.494 e. The molecule has 0 bridgehead atoms. The topological polar surface area (TPSA) is 67.9 Å². The van der Waals surface area contributed by atoms with E-state index in [0.29, 0.717) is 39.4 Å². The van der Waals surface area contributed by atoms with Gasteiger partial charge in [-0.25, -0.2) is 0 Å². The Morgan fingerprint density at radius 3 is 2.47 bits per heavy atom. The van der Waals surface area contributed by atoms with Crippen molar-refractivity contribution in [2.24, 2.45) is 0 Å². The quantitative estimate of drug-likeness (QED) is 0.281. The van der Waals surface area contributed by atoms with Crippen LogP contribution in [0.5, 0.6) is 11.5 Å². The van der Waals surface area contributed by atoms with E-state index in [0.717, 1.165) is 17.7 Å². The van der Waals surface area contributed by atoms with Gasteiger partial charge in [-0.2, -0.15) is 0 Å². The van der Waals surface area contributed by atoms with Gasteiger partial charge in [0.25, 0.3) is 11.8 Å².